The van der Waals surface area contributed by atoms with Crippen LogP contribution in [-0.4, -0.2) is 35.9 Å². The van der Waals surface area contributed by atoms with Crippen LogP contribution in [0.4, 0.5) is 0 Å². The summed E-state index contributed by atoms with van der Waals surface area (Å²) in [5.74, 6) is 1.87. The number of hydrogen-bond acceptors (Lipinski definition) is 7. The van der Waals surface area contributed by atoms with Gasteiger partial charge in [0, 0.05) is 10.0 Å². The van der Waals surface area contributed by atoms with Crippen LogP contribution in [-0.2, 0) is 0 Å². The molecule has 4 rings (SSSR count). The Morgan fingerprint density at radius 1 is 1.03 bits per heavy atom. The van der Waals surface area contributed by atoms with Crippen molar-refractivity contribution in [2.24, 2.45) is 0 Å². The number of fused-ring (bicyclic) bond motifs is 1. The van der Waals surface area contributed by atoms with Crippen LogP contribution in [0.5, 0.6) is 17.2 Å². The van der Waals surface area contributed by atoms with Crippen molar-refractivity contribution in [1.82, 2.24) is 14.6 Å². The molecule has 29 heavy (non-hydrogen) atoms. The fourth-order valence-electron chi connectivity index (χ4n) is 2.88. The number of ether oxygens (including phenoxy) is 3. The Hall–Kier alpha value is -2.91. The number of hydrogen-bond donors (Lipinski definition) is 0. The number of rotatable bonds is 5. The highest BCUT2D eigenvalue weighted by molar-refractivity contribution is 9.10. The molecule has 0 N–H and O–H groups in total. The lowest BCUT2D eigenvalue weighted by atomic mass is 10.1. The molecule has 7 nitrogen and oxygen atoms in total. The van der Waals surface area contributed by atoms with Gasteiger partial charge in [-0.1, -0.05) is 39.4 Å². The van der Waals surface area contributed by atoms with E-state index in [0.29, 0.717) is 38.1 Å². The molecule has 0 aliphatic heterocycles. The largest absolute Gasteiger partial charge is 0.493 e. The van der Waals surface area contributed by atoms with Gasteiger partial charge in [0.2, 0.25) is 10.7 Å². The van der Waals surface area contributed by atoms with E-state index in [2.05, 4.69) is 26.0 Å². The fraction of sp³-hybridized carbons (Fsp3) is 0.150. The summed E-state index contributed by atoms with van der Waals surface area (Å²) in [4.78, 5) is 17.8. The molecule has 0 saturated carbocycles. The monoisotopic (exact) mass is 473 g/mol. The van der Waals surface area contributed by atoms with E-state index in [1.807, 2.05) is 30.3 Å². The van der Waals surface area contributed by atoms with Crippen molar-refractivity contribution < 1.29 is 14.2 Å². The summed E-state index contributed by atoms with van der Waals surface area (Å²) >= 11 is 4.69. The van der Waals surface area contributed by atoms with Crippen molar-refractivity contribution >= 4 is 38.3 Å². The average molecular weight is 474 g/mol. The van der Waals surface area contributed by atoms with Crippen LogP contribution >= 0.6 is 27.3 Å². The second kappa shape index (κ2) is 7.84. The Balaban J connectivity index is 1.80. The van der Waals surface area contributed by atoms with E-state index in [4.69, 9.17) is 14.2 Å². The van der Waals surface area contributed by atoms with Gasteiger partial charge in [-0.3, -0.25) is 4.79 Å². The van der Waals surface area contributed by atoms with Crippen LogP contribution in [0.3, 0.4) is 0 Å². The normalized spacial score (nSPS) is 11.8. The van der Waals surface area contributed by atoms with Crippen molar-refractivity contribution in [1.29, 1.82) is 0 Å². The van der Waals surface area contributed by atoms with Gasteiger partial charge in [-0.25, -0.2) is 0 Å². The van der Waals surface area contributed by atoms with Gasteiger partial charge in [-0.15, -0.1) is 5.10 Å². The Bertz CT molecular complexity index is 1270. The van der Waals surface area contributed by atoms with Crippen molar-refractivity contribution in [3.63, 3.8) is 0 Å². The minimum absolute atomic E-state index is 0.209. The lowest BCUT2D eigenvalue weighted by Gasteiger charge is -2.12. The van der Waals surface area contributed by atoms with E-state index in [0.717, 1.165) is 10.0 Å². The molecular weight excluding hydrogens is 458 g/mol. The molecule has 0 atom stereocenters. The summed E-state index contributed by atoms with van der Waals surface area (Å²) in [6, 6.07) is 11.2. The maximum atomic E-state index is 12.8. The molecule has 0 saturated heterocycles. The van der Waals surface area contributed by atoms with Gasteiger partial charge in [0.05, 0.1) is 25.9 Å². The van der Waals surface area contributed by atoms with Gasteiger partial charge >= 0.3 is 0 Å². The first-order valence-electron chi connectivity index (χ1n) is 8.51. The van der Waals surface area contributed by atoms with E-state index in [9.17, 15) is 4.79 Å². The molecule has 0 spiro atoms. The molecule has 148 valence electrons. The molecule has 0 unspecified atom stereocenters. The number of nitrogens with zero attached hydrogens (tertiary/aromatic N) is 3. The van der Waals surface area contributed by atoms with Gasteiger partial charge in [0.25, 0.3) is 5.56 Å². The summed E-state index contributed by atoms with van der Waals surface area (Å²) in [5, 5.41) is 4.39. The molecule has 2 heterocycles. The molecule has 0 amide bonds. The summed E-state index contributed by atoms with van der Waals surface area (Å²) in [6.45, 7) is 0. The topological polar surface area (TPSA) is 75.0 Å². The maximum absolute atomic E-state index is 12.8. The minimum Gasteiger partial charge on any atom is -0.493 e. The highest BCUT2D eigenvalue weighted by atomic mass is 79.9. The van der Waals surface area contributed by atoms with Crippen LogP contribution in [0.15, 0.2) is 45.7 Å². The molecule has 2 aromatic carbocycles. The average Bonchev–Trinajstić information content (AvgIpc) is 3.28. The summed E-state index contributed by atoms with van der Waals surface area (Å²) in [7, 11) is 4.62. The highest BCUT2D eigenvalue weighted by Crippen LogP contribution is 2.40. The smallest absolute Gasteiger partial charge is 0.291 e. The van der Waals surface area contributed by atoms with Crippen molar-refractivity contribution in [3.8, 4) is 28.6 Å². The molecule has 0 bridgehead atoms. The molecule has 0 fully saturated rings. The molecule has 4 aromatic rings. The first-order chi connectivity index (χ1) is 14.0. The Kier molecular flexibility index (Phi) is 5.25. The predicted molar refractivity (Wildman–Crippen MR) is 115 cm³/mol. The molecule has 0 radical (unpaired) electrons. The Morgan fingerprint density at radius 2 is 1.69 bits per heavy atom. The van der Waals surface area contributed by atoms with E-state index in [-0.39, 0.29) is 5.56 Å². The van der Waals surface area contributed by atoms with Crippen LogP contribution in [0, 0.1) is 0 Å². The van der Waals surface area contributed by atoms with E-state index in [1.54, 1.807) is 26.4 Å². The van der Waals surface area contributed by atoms with Crippen molar-refractivity contribution in [3.05, 3.63) is 61.3 Å². The highest BCUT2D eigenvalue weighted by Gasteiger charge is 2.18. The van der Waals surface area contributed by atoms with E-state index < -0.39 is 0 Å². The Morgan fingerprint density at radius 3 is 2.24 bits per heavy atom. The number of benzene rings is 2. The summed E-state index contributed by atoms with van der Waals surface area (Å²) < 4.78 is 19.0. The second-order valence-electron chi connectivity index (χ2n) is 6.01. The number of thiazole rings is 1. The zero-order chi connectivity index (χ0) is 20.5. The van der Waals surface area contributed by atoms with Crippen LogP contribution in [0.25, 0.3) is 22.4 Å². The molecule has 0 aliphatic carbocycles. The van der Waals surface area contributed by atoms with Crippen molar-refractivity contribution in [2.75, 3.05) is 21.3 Å². The molecule has 2 aromatic heterocycles. The zero-order valence-electron chi connectivity index (χ0n) is 15.8. The molecular formula is C20H16BrN3O4S. The first-order valence-corrected chi connectivity index (χ1v) is 10.1. The summed E-state index contributed by atoms with van der Waals surface area (Å²) in [5.41, 5.74) is 1.38. The van der Waals surface area contributed by atoms with Gasteiger partial charge < -0.3 is 14.2 Å². The quantitative estimate of drug-likeness (QED) is 0.443. The van der Waals surface area contributed by atoms with Crippen molar-refractivity contribution in [2.45, 2.75) is 0 Å². The van der Waals surface area contributed by atoms with Crippen LogP contribution in [0.2, 0.25) is 0 Å². The maximum Gasteiger partial charge on any atom is 0.291 e. The second-order valence-corrected chi connectivity index (χ2v) is 7.94. The lowest BCUT2D eigenvalue weighted by Crippen LogP contribution is -2.23. The number of halogens is 1. The summed E-state index contributed by atoms with van der Waals surface area (Å²) in [6.07, 6.45) is 1.83. The number of methoxy groups -OCH3 is 3. The third kappa shape index (κ3) is 3.58. The Labute approximate surface area is 178 Å². The third-order valence-corrected chi connectivity index (χ3v) is 5.76. The molecule has 9 heteroatoms. The molecule has 0 aliphatic rings. The van der Waals surface area contributed by atoms with Gasteiger partial charge in [0.15, 0.2) is 17.3 Å². The standard InChI is InChI=1S/C20H16BrN3O4S/c1-26-14-9-12(10-15(27-2)17(14)28-3)18-22-20-24(23-18)19(25)16(29-20)8-11-4-6-13(21)7-5-11/h4-10H,1-3H3/b16-8+. The van der Waals surface area contributed by atoms with E-state index in [1.165, 1.54) is 23.0 Å². The van der Waals surface area contributed by atoms with Gasteiger partial charge in [-0.05, 0) is 35.9 Å². The zero-order valence-corrected chi connectivity index (χ0v) is 18.2. The first kappa shape index (κ1) is 19.4. The SMILES string of the molecule is COc1cc(-c2nc3s/c(=C/c4ccc(Br)cc4)c(=O)n3n2)cc(OC)c1OC. The third-order valence-electron chi connectivity index (χ3n) is 4.27. The lowest BCUT2D eigenvalue weighted by molar-refractivity contribution is 0.324. The van der Waals surface area contributed by atoms with E-state index >= 15 is 0 Å². The van der Waals surface area contributed by atoms with Crippen LogP contribution < -0.4 is 24.3 Å². The fourth-order valence-corrected chi connectivity index (χ4v) is 4.05. The van der Waals surface area contributed by atoms with Crippen LogP contribution in [0.1, 0.15) is 5.56 Å². The van der Waals surface area contributed by atoms with Gasteiger partial charge in [0.1, 0.15) is 0 Å². The number of aromatic nitrogens is 3. The predicted octanol–water partition coefficient (Wildman–Crippen LogP) is 3.15. The van der Waals surface area contributed by atoms with Gasteiger partial charge in [-0.2, -0.15) is 9.50 Å². The minimum atomic E-state index is -0.209.